The zero-order valence-corrected chi connectivity index (χ0v) is 14.9. The van der Waals surface area contributed by atoms with Crippen LogP contribution >= 0.6 is 0 Å². The minimum absolute atomic E-state index is 0.320. The summed E-state index contributed by atoms with van der Waals surface area (Å²) < 4.78 is 1.72. The Morgan fingerprint density at radius 2 is 1.30 bits per heavy atom. The molecule has 1 aromatic heterocycles. The van der Waals surface area contributed by atoms with Gasteiger partial charge in [-0.05, 0) is 40.1 Å². The molecule has 0 radical (unpaired) electrons. The number of tetrazole rings is 1. The number of aromatic nitrogens is 4. The highest BCUT2D eigenvalue weighted by Gasteiger charge is 2.14. The average Bonchev–Trinajstić information content (AvgIpc) is 3.22. The van der Waals surface area contributed by atoms with E-state index < -0.39 is 0 Å². The van der Waals surface area contributed by atoms with Crippen molar-refractivity contribution in [2.45, 2.75) is 12.3 Å². The van der Waals surface area contributed by atoms with Crippen LogP contribution in [0.4, 0.5) is 5.95 Å². The van der Waals surface area contributed by atoms with E-state index in [4.69, 9.17) is 0 Å². The van der Waals surface area contributed by atoms with Crippen LogP contribution in [0.3, 0.4) is 0 Å². The Morgan fingerprint density at radius 1 is 0.741 bits per heavy atom. The quantitative estimate of drug-likeness (QED) is 0.537. The second-order valence-electron chi connectivity index (χ2n) is 6.34. The highest BCUT2D eigenvalue weighted by molar-refractivity contribution is 5.39. The van der Waals surface area contributed by atoms with E-state index in [0.29, 0.717) is 11.9 Å². The van der Waals surface area contributed by atoms with E-state index in [9.17, 15) is 0 Å². The van der Waals surface area contributed by atoms with Gasteiger partial charge in [0.05, 0.1) is 5.69 Å². The number of anilines is 1. The number of nitrogens with one attached hydrogen (secondary N) is 1. The van der Waals surface area contributed by atoms with Gasteiger partial charge in [-0.25, -0.2) is 0 Å². The van der Waals surface area contributed by atoms with Crippen LogP contribution in [-0.2, 0) is 0 Å². The molecular weight excluding hydrogens is 334 g/mol. The summed E-state index contributed by atoms with van der Waals surface area (Å²) in [5, 5.41) is 15.4. The lowest BCUT2D eigenvalue weighted by Crippen LogP contribution is -2.12. The van der Waals surface area contributed by atoms with Crippen molar-refractivity contribution in [1.29, 1.82) is 0 Å². The number of nitrogens with zero attached hydrogens (tertiary/aromatic N) is 4. The Labute approximate surface area is 158 Å². The van der Waals surface area contributed by atoms with Gasteiger partial charge in [0.1, 0.15) is 0 Å². The molecule has 0 saturated carbocycles. The van der Waals surface area contributed by atoms with Crippen LogP contribution in [0.1, 0.15) is 23.5 Å². The standard InChI is InChI=1S/C22H21N5/c1-4-10-18(11-5-1)21(19-12-6-2-7-13-19)16-17-23-22-24-25-26-27(22)20-14-8-3-9-15-20/h1-15,21H,16-17H2,(H,23,24,26). The van der Waals surface area contributed by atoms with E-state index in [2.05, 4.69) is 81.5 Å². The van der Waals surface area contributed by atoms with Gasteiger partial charge in [-0.1, -0.05) is 84.0 Å². The normalized spacial score (nSPS) is 10.9. The van der Waals surface area contributed by atoms with Crippen molar-refractivity contribution in [3.8, 4) is 5.69 Å². The van der Waals surface area contributed by atoms with E-state index in [1.165, 1.54) is 11.1 Å². The maximum Gasteiger partial charge on any atom is 0.247 e. The maximum absolute atomic E-state index is 4.13. The summed E-state index contributed by atoms with van der Waals surface area (Å²) >= 11 is 0. The largest absolute Gasteiger partial charge is 0.353 e. The molecule has 0 saturated heterocycles. The molecule has 0 aliphatic rings. The molecule has 0 aliphatic carbocycles. The first-order valence-corrected chi connectivity index (χ1v) is 9.09. The van der Waals surface area contributed by atoms with Gasteiger partial charge in [-0.3, -0.25) is 0 Å². The van der Waals surface area contributed by atoms with Crippen molar-refractivity contribution >= 4 is 5.95 Å². The zero-order chi connectivity index (χ0) is 18.3. The molecule has 27 heavy (non-hydrogen) atoms. The molecule has 0 aliphatic heterocycles. The predicted molar refractivity (Wildman–Crippen MR) is 107 cm³/mol. The Morgan fingerprint density at radius 3 is 1.89 bits per heavy atom. The van der Waals surface area contributed by atoms with E-state index in [1.54, 1.807) is 4.68 Å². The van der Waals surface area contributed by atoms with Gasteiger partial charge in [0.15, 0.2) is 0 Å². The zero-order valence-electron chi connectivity index (χ0n) is 14.9. The molecule has 134 valence electrons. The van der Waals surface area contributed by atoms with E-state index in [-0.39, 0.29) is 0 Å². The molecule has 4 aromatic rings. The van der Waals surface area contributed by atoms with Gasteiger partial charge in [0, 0.05) is 12.5 Å². The van der Waals surface area contributed by atoms with Crippen LogP contribution in [-0.4, -0.2) is 26.8 Å². The molecule has 1 heterocycles. The van der Waals surface area contributed by atoms with Gasteiger partial charge in [-0.15, -0.1) is 0 Å². The highest BCUT2D eigenvalue weighted by Crippen LogP contribution is 2.27. The van der Waals surface area contributed by atoms with E-state index in [1.807, 2.05) is 30.3 Å². The molecule has 0 fully saturated rings. The fraction of sp³-hybridized carbons (Fsp3) is 0.136. The highest BCUT2D eigenvalue weighted by atomic mass is 15.6. The molecule has 0 bridgehead atoms. The third kappa shape index (κ3) is 4.03. The second kappa shape index (κ2) is 8.27. The fourth-order valence-corrected chi connectivity index (χ4v) is 3.27. The molecule has 5 nitrogen and oxygen atoms in total. The lowest BCUT2D eigenvalue weighted by atomic mass is 9.88. The van der Waals surface area contributed by atoms with Gasteiger partial charge < -0.3 is 5.32 Å². The molecule has 0 unspecified atom stereocenters. The van der Waals surface area contributed by atoms with Crippen molar-refractivity contribution in [3.63, 3.8) is 0 Å². The fourth-order valence-electron chi connectivity index (χ4n) is 3.27. The minimum atomic E-state index is 0.320. The number of benzene rings is 3. The first kappa shape index (κ1) is 17.0. The van der Waals surface area contributed by atoms with Gasteiger partial charge in [0.25, 0.3) is 0 Å². The predicted octanol–water partition coefficient (Wildman–Crippen LogP) is 4.30. The SMILES string of the molecule is c1ccc(C(CCNc2nnnn2-c2ccccc2)c2ccccc2)cc1. The summed E-state index contributed by atoms with van der Waals surface area (Å²) in [6.45, 7) is 0.766. The number of hydrogen-bond donors (Lipinski definition) is 1. The minimum Gasteiger partial charge on any atom is -0.353 e. The lowest BCUT2D eigenvalue weighted by molar-refractivity contribution is 0.735. The molecular formula is C22H21N5. The van der Waals surface area contributed by atoms with Crippen molar-refractivity contribution in [2.75, 3.05) is 11.9 Å². The Kier molecular flexibility index (Phi) is 5.20. The van der Waals surface area contributed by atoms with Crippen molar-refractivity contribution in [2.24, 2.45) is 0 Å². The number of hydrogen-bond acceptors (Lipinski definition) is 4. The molecule has 0 amide bonds. The van der Waals surface area contributed by atoms with Crippen molar-refractivity contribution < 1.29 is 0 Å². The smallest absolute Gasteiger partial charge is 0.247 e. The topological polar surface area (TPSA) is 55.6 Å². The Bertz CT molecular complexity index is 912. The van der Waals surface area contributed by atoms with Crippen LogP contribution in [0.2, 0.25) is 0 Å². The van der Waals surface area contributed by atoms with Crippen LogP contribution in [0.15, 0.2) is 91.0 Å². The molecule has 1 N–H and O–H groups in total. The Hall–Kier alpha value is -3.47. The molecule has 0 spiro atoms. The van der Waals surface area contributed by atoms with Crippen LogP contribution in [0.25, 0.3) is 5.69 Å². The third-order valence-corrected chi connectivity index (χ3v) is 4.59. The molecule has 4 rings (SSSR count). The Balaban J connectivity index is 1.49. The summed E-state index contributed by atoms with van der Waals surface area (Å²) in [7, 11) is 0. The molecule has 3 aromatic carbocycles. The second-order valence-corrected chi connectivity index (χ2v) is 6.34. The monoisotopic (exact) mass is 355 g/mol. The summed E-state index contributed by atoms with van der Waals surface area (Å²) in [5.74, 6) is 0.974. The van der Waals surface area contributed by atoms with E-state index >= 15 is 0 Å². The summed E-state index contributed by atoms with van der Waals surface area (Å²) in [4.78, 5) is 0. The van der Waals surface area contributed by atoms with Crippen molar-refractivity contribution in [3.05, 3.63) is 102 Å². The molecule has 5 heteroatoms. The third-order valence-electron chi connectivity index (χ3n) is 4.59. The van der Waals surface area contributed by atoms with Gasteiger partial charge >= 0.3 is 0 Å². The van der Waals surface area contributed by atoms with Crippen LogP contribution in [0, 0.1) is 0 Å². The van der Waals surface area contributed by atoms with Crippen LogP contribution < -0.4 is 5.32 Å². The van der Waals surface area contributed by atoms with E-state index in [0.717, 1.165) is 18.7 Å². The average molecular weight is 355 g/mol. The summed E-state index contributed by atoms with van der Waals surface area (Å²) in [6.07, 6.45) is 0.940. The van der Waals surface area contributed by atoms with Gasteiger partial charge in [-0.2, -0.15) is 4.68 Å². The first-order chi connectivity index (χ1) is 13.4. The number of para-hydroxylation sites is 1. The summed E-state index contributed by atoms with van der Waals surface area (Å²) in [6, 6.07) is 31.1. The van der Waals surface area contributed by atoms with Crippen LogP contribution in [0.5, 0.6) is 0 Å². The molecule has 0 atom stereocenters. The maximum atomic E-state index is 4.13. The van der Waals surface area contributed by atoms with Crippen molar-refractivity contribution in [1.82, 2.24) is 20.2 Å². The lowest BCUT2D eigenvalue weighted by Gasteiger charge is -2.18. The first-order valence-electron chi connectivity index (χ1n) is 9.09. The summed E-state index contributed by atoms with van der Waals surface area (Å²) in [5.41, 5.74) is 3.56. The van der Waals surface area contributed by atoms with Gasteiger partial charge in [0.2, 0.25) is 5.95 Å². The number of rotatable bonds is 7.